The van der Waals surface area contributed by atoms with E-state index >= 15 is 0 Å². The number of likely N-dealkylation sites (tertiary alicyclic amines) is 1. The molecule has 0 radical (unpaired) electrons. The Labute approximate surface area is 238 Å². The second-order valence-corrected chi connectivity index (χ2v) is 12.8. The van der Waals surface area contributed by atoms with Crippen LogP contribution < -0.4 is 5.32 Å². The third-order valence-electron chi connectivity index (χ3n) is 7.88. The highest BCUT2D eigenvalue weighted by molar-refractivity contribution is 7.89. The van der Waals surface area contributed by atoms with Crippen molar-refractivity contribution >= 4 is 15.9 Å². The van der Waals surface area contributed by atoms with E-state index in [9.17, 15) is 13.2 Å². The summed E-state index contributed by atoms with van der Waals surface area (Å²) in [5, 5.41) is 3.06. The average molecular weight is 561 g/mol. The molecule has 7 nitrogen and oxygen atoms in total. The first-order valence-corrected chi connectivity index (χ1v) is 15.9. The van der Waals surface area contributed by atoms with Gasteiger partial charge in [0.15, 0.2) is 0 Å². The first kappa shape index (κ1) is 28.5. The van der Waals surface area contributed by atoms with Crippen molar-refractivity contribution in [3.63, 3.8) is 0 Å². The lowest BCUT2D eigenvalue weighted by molar-refractivity contribution is 0.0951. The van der Waals surface area contributed by atoms with Crippen LogP contribution in [0.1, 0.15) is 52.7 Å². The molecule has 3 aromatic carbocycles. The molecule has 2 heterocycles. The Kier molecular flexibility index (Phi) is 9.65. The molecule has 1 amide bonds. The molecule has 0 saturated carbocycles. The summed E-state index contributed by atoms with van der Waals surface area (Å²) in [6.45, 7) is 6.83. The highest BCUT2D eigenvalue weighted by atomic mass is 32.2. The molecule has 2 aliphatic heterocycles. The summed E-state index contributed by atoms with van der Waals surface area (Å²) < 4.78 is 27.3. The minimum atomic E-state index is -3.45. The van der Waals surface area contributed by atoms with Crippen LogP contribution in [0.4, 0.5) is 0 Å². The first-order chi connectivity index (χ1) is 19.5. The fourth-order valence-corrected chi connectivity index (χ4v) is 7.01. The summed E-state index contributed by atoms with van der Waals surface area (Å²) in [7, 11) is -3.45. The summed E-state index contributed by atoms with van der Waals surface area (Å²) in [6, 6.07) is 24.9. The number of sulfonamides is 1. The summed E-state index contributed by atoms with van der Waals surface area (Å²) in [4.78, 5) is 18.0. The van der Waals surface area contributed by atoms with Crippen LogP contribution in [0.15, 0.2) is 83.8 Å². The van der Waals surface area contributed by atoms with Crippen molar-refractivity contribution in [2.24, 2.45) is 0 Å². The van der Waals surface area contributed by atoms with Crippen molar-refractivity contribution in [1.29, 1.82) is 0 Å². The number of piperazine rings is 1. The molecule has 0 bridgehead atoms. The largest absolute Gasteiger partial charge is 0.348 e. The van der Waals surface area contributed by atoms with E-state index in [2.05, 4.69) is 39.4 Å². The molecule has 0 atom stereocenters. The van der Waals surface area contributed by atoms with Gasteiger partial charge >= 0.3 is 0 Å². The normalized spacial score (nSPS) is 17.8. The van der Waals surface area contributed by atoms with E-state index in [0.29, 0.717) is 43.2 Å². The number of carbonyl (C=O) groups is 1. The zero-order valence-electron chi connectivity index (χ0n) is 23.2. The number of nitrogens with one attached hydrogen (secondary N) is 1. The molecule has 0 aliphatic carbocycles. The molecule has 0 spiro atoms. The third-order valence-corrected chi connectivity index (χ3v) is 9.80. The highest BCUT2D eigenvalue weighted by Crippen LogP contribution is 2.19. The van der Waals surface area contributed by atoms with Crippen LogP contribution in [0.2, 0.25) is 0 Å². The maximum Gasteiger partial charge on any atom is 0.251 e. The molecular weight excluding hydrogens is 520 g/mol. The highest BCUT2D eigenvalue weighted by Gasteiger charge is 2.28. The molecule has 8 heteroatoms. The van der Waals surface area contributed by atoms with E-state index in [0.717, 1.165) is 24.2 Å². The zero-order chi connectivity index (χ0) is 27.8. The fraction of sp³-hybridized carbons (Fsp3) is 0.406. The molecule has 0 aromatic heterocycles. The predicted molar refractivity (Wildman–Crippen MR) is 158 cm³/mol. The number of carbonyl (C=O) groups excluding carboxylic acids is 1. The van der Waals surface area contributed by atoms with Crippen LogP contribution in [0.3, 0.4) is 0 Å². The summed E-state index contributed by atoms with van der Waals surface area (Å²) in [5.74, 6) is -0.0794. The van der Waals surface area contributed by atoms with Crippen molar-refractivity contribution in [3.05, 3.63) is 101 Å². The fourth-order valence-electron chi connectivity index (χ4n) is 5.56. The van der Waals surface area contributed by atoms with Gasteiger partial charge in [0.05, 0.1) is 4.90 Å². The van der Waals surface area contributed by atoms with Gasteiger partial charge in [-0.3, -0.25) is 14.6 Å². The van der Waals surface area contributed by atoms with E-state index < -0.39 is 10.0 Å². The van der Waals surface area contributed by atoms with Gasteiger partial charge in [0.1, 0.15) is 0 Å². The molecule has 2 aliphatic rings. The summed E-state index contributed by atoms with van der Waals surface area (Å²) in [6.07, 6.45) is 5.23. The minimum Gasteiger partial charge on any atom is -0.348 e. The van der Waals surface area contributed by atoms with Crippen LogP contribution in [0.5, 0.6) is 0 Å². The van der Waals surface area contributed by atoms with E-state index in [1.807, 2.05) is 30.3 Å². The van der Waals surface area contributed by atoms with Gasteiger partial charge in [-0.05, 0) is 66.9 Å². The summed E-state index contributed by atoms with van der Waals surface area (Å²) in [5.41, 5.74) is 4.17. The number of nitrogens with zero attached hydrogens (tertiary/aromatic N) is 3. The van der Waals surface area contributed by atoms with Crippen molar-refractivity contribution in [2.75, 3.05) is 39.3 Å². The van der Waals surface area contributed by atoms with Crippen molar-refractivity contribution in [2.45, 2.75) is 50.2 Å². The second-order valence-electron chi connectivity index (χ2n) is 10.9. The number of hydrogen-bond donors (Lipinski definition) is 1. The number of amides is 1. The predicted octanol–water partition coefficient (Wildman–Crippen LogP) is 4.50. The van der Waals surface area contributed by atoms with Crippen molar-refractivity contribution < 1.29 is 13.2 Å². The van der Waals surface area contributed by atoms with Crippen molar-refractivity contribution in [1.82, 2.24) is 19.4 Å². The molecule has 3 aromatic rings. The van der Waals surface area contributed by atoms with Crippen LogP contribution in [0, 0.1) is 0 Å². The Bertz CT molecular complexity index is 1350. The topological polar surface area (TPSA) is 73.0 Å². The minimum absolute atomic E-state index is 0.0794. The van der Waals surface area contributed by atoms with Crippen LogP contribution in [0.25, 0.3) is 0 Å². The molecule has 40 heavy (non-hydrogen) atoms. The quantitative estimate of drug-likeness (QED) is 0.417. The van der Waals surface area contributed by atoms with Gasteiger partial charge in [0.25, 0.3) is 5.91 Å². The molecule has 2 saturated heterocycles. The van der Waals surface area contributed by atoms with Gasteiger partial charge in [-0.2, -0.15) is 4.31 Å². The van der Waals surface area contributed by atoms with E-state index in [-0.39, 0.29) is 5.91 Å². The Morgan fingerprint density at radius 1 is 0.650 bits per heavy atom. The summed E-state index contributed by atoms with van der Waals surface area (Å²) >= 11 is 0. The van der Waals surface area contributed by atoms with Gasteiger partial charge < -0.3 is 5.32 Å². The first-order valence-electron chi connectivity index (χ1n) is 14.4. The van der Waals surface area contributed by atoms with E-state index in [4.69, 9.17) is 0 Å². The molecular formula is C32H40N4O3S. The third kappa shape index (κ3) is 7.57. The Balaban J connectivity index is 1.08. The second kappa shape index (κ2) is 13.5. The van der Waals surface area contributed by atoms with E-state index in [1.54, 1.807) is 28.6 Å². The van der Waals surface area contributed by atoms with Crippen LogP contribution >= 0.6 is 0 Å². The van der Waals surface area contributed by atoms with Gasteiger partial charge in [-0.1, -0.05) is 67.4 Å². The standard InChI is InChI=1S/C32H40N4O3S/c37-32(33-24-28-9-8-10-29(23-28)26-34-17-6-1-2-7-18-34)30-15-13-27(14-16-30)25-35-19-21-36(22-20-35)40(38,39)31-11-4-3-5-12-31/h3-5,8-16,23H,1-2,6-7,17-22,24-26H2,(H,33,37). The number of rotatable bonds is 9. The lowest BCUT2D eigenvalue weighted by Crippen LogP contribution is -2.48. The molecule has 2 fully saturated rings. The van der Waals surface area contributed by atoms with Gasteiger partial charge in [0.2, 0.25) is 10.0 Å². The Morgan fingerprint density at radius 3 is 1.98 bits per heavy atom. The average Bonchev–Trinajstić information content (AvgIpc) is 3.26. The Morgan fingerprint density at radius 2 is 1.27 bits per heavy atom. The Hall–Kier alpha value is -3.04. The molecule has 1 N–H and O–H groups in total. The van der Waals surface area contributed by atoms with Gasteiger partial charge in [0, 0.05) is 51.4 Å². The van der Waals surface area contributed by atoms with Crippen LogP contribution in [-0.4, -0.2) is 67.7 Å². The maximum absolute atomic E-state index is 12.9. The molecule has 0 unspecified atom stereocenters. The lowest BCUT2D eigenvalue weighted by Gasteiger charge is -2.34. The number of benzene rings is 3. The van der Waals surface area contributed by atoms with Crippen molar-refractivity contribution in [3.8, 4) is 0 Å². The molecule has 5 rings (SSSR count). The zero-order valence-corrected chi connectivity index (χ0v) is 24.0. The number of hydrogen-bond acceptors (Lipinski definition) is 5. The van der Waals surface area contributed by atoms with Crippen LogP contribution in [-0.2, 0) is 29.7 Å². The van der Waals surface area contributed by atoms with Gasteiger partial charge in [-0.25, -0.2) is 8.42 Å². The van der Waals surface area contributed by atoms with E-state index in [1.165, 1.54) is 44.3 Å². The van der Waals surface area contributed by atoms with Gasteiger partial charge in [-0.15, -0.1) is 0 Å². The lowest BCUT2D eigenvalue weighted by atomic mass is 10.1. The monoisotopic (exact) mass is 560 g/mol. The maximum atomic E-state index is 12.9. The SMILES string of the molecule is O=C(NCc1cccc(CN2CCCCCC2)c1)c1ccc(CN2CCN(S(=O)(=O)c3ccccc3)CC2)cc1. The molecule has 212 valence electrons. The smallest absolute Gasteiger partial charge is 0.251 e.